The van der Waals surface area contributed by atoms with E-state index < -0.39 is 6.10 Å². The third-order valence-corrected chi connectivity index (χ3v) is 3.91. The molecule has 2 nitrogen and oxygen atoms in total. The normalized spacial score (nSPS) is 22.5. The van der Waals surface area contributed by atoms with E-state index in [2.05, 4.69) is 6.07 Å². The average molecular weight is 249 g/mol. The van der Waals surface area contributed by atoms with Crippen LogP contribution in [0.2, 0.25) is 0 Å². The van der Waals surface area contributed by atoms with E-state index in [1.165, 1.54) is 0 Å². The second kappa shape index (κ2) is 4.87. The van der Waals surface area contributed by atoms with Gasteiger partial charge in [-0.25, -0.2) is 0 Å². The van der Waals surface area contributed by atoms with Crippen molar-refractivity contribution in [2.24, 2.45) is 0 Å². The highest BCUT2D eigenvalue weighted by molar-refractivity contribution is 5.42. The van der Waals surface area contributed by atoms with E-state index >= 15 is 0 Å². The fraction of sp³-hybridized carbons (Fsp3) is 0.235. The number of hydrogen-bond donors (Lipinski definition) is 1. The SMILES string of the molecule is N#C[C@H](c1ccccc1)[C@H]1c2ccccc2C[C@H]1O. The van der Waals surface area contributed by atoms with Crippen molar-refractivity contribution >= 4 is 0 Å². The molecule has 3 atom stereocenters. The third kappa shape index (κ3) is 2.03. The molecule has 3 rings (SSSR count). The molecule has 0 unspecified atom stereocenters. The van der Waals surface area contributed by atoms with Crippen LogP contribution in [-0.2, 0) is 6.42 Å². The zero-order valence-corrected chi connectivity index (χ0v) is 10.5. The Morgan fingerprint density at radius 1 is 1.05 bits per heavy atom. The van der Waals surface area contributed by atoms with Gasteiger partial charge < -0.3 is 5.11 Å². The van der Waals surface area contributed by atoms with Gasteiger partial charge in [0.15, 0.2) is 0 Å². The fourth-order valence-corrected chi connectivity index (χ4v) is 3.03. The lowest BCUT2D eigenvalue weighted by molar-refractivity contribution is 0.151. The van der Waals surface area contributed by atoms with Crippen LogP contribution < -0.4 is 0 Å². The Balaban J connectivity index is 2.04. The number of nitriles is 1. The Kier molecular flexibility index (Phi) is 3.06. The van der Waals surface area contributed by atoms with Gasteiger partial charge in [-0.05, 0) is 23.1 Å². The van der Waals surface area contributed by atoms with Gasteiger partial charge in [0.1, 0.15) is 0 Å². The van der Waals surface area contributed by atoms with E-state index in [4.69, 9.17) is 0 Å². The number of aliphatic hydroxyl groups is 1. The van der Waals surface area contributed by atoms with Gasteiger partial charge in [-0.1, -0.05) is 54.6 Å². The highest BCUT2D eigenvalue weighted by Gasteiger charge is 2.37. The molecule has 0 saturated heterocycles. The molecule has 0 spiro atoms. The molecule has 2 heteroatoms. The van der Waals surface area contributed by atoms with Gasteiger partial charge >= 0.3 is 0 Å². The molecule has 0 bridgehead atoms. The first kappa shape index (κ1) is 12.0. The zero-order chi connectivity index (χ0) is 13.2. The van der Waals surface area contributed by atoms with Gasteiger partial charge in [0, 0.05) is 5.92 Å². The molecule has 0 heterocycles. The molecule has 1 N–H and O–H groups in total. The van der Waals surface area contributed by atoms with Crippen molar-refractivity contribution in [3.63, 3.8) is 0 Å². The molecule has 1 aliphatic carbocycles. The third-order valence-electron chi connectivity index (χ3n) is 3.91. The summed E-state index contributed by atoms with van der Waals surface area (Å²) < 4.78 is 0. The first-order valence-corrected chi connectivity index (χ1v) is 6.51. The minimum Gasteiger partial charge on any atom is -0.392 e. The molecule has 0 amide bonds. The van der Waals surface area contributed by atoms with Crippen LogP contribution in [0, 0.1) is 11.3 Å². The molecule has 0 aromatic heterocycles. The lowest BCUT2D eigenvalue weighted by Crippen LogP contribution is -2.20. The molecule has 0 radical (unpaired) electrons. The van der Waals surface area contributed by atoms with Crippen molar-refractivity contribution in [3.05, 3.63) is 71.3 Å². The molecule has 94 valence electrons. The van der Waals surface area contributed by atoms with Crippen LogP contribution in [0.1, 0.15) is 28.5 Å². The maximum atomic E-state index is 10.3. The Hall–Kier alpha value is -2.11. The van der Waals surface area contributed by atoms with Crippen LogP contribution in [0.5, 0.6) is 0 Å². The van der Waals surface area contributed by atoms with E-state index in [1.807, 2.05) is 54.6 Å². The number of hydrogen-bond acceptors (Lipinski definition) is 2. The van der Waals surface area contributed by atoms with Crippen LogP contribution in [0.4, 0.5) is 0 Å². The number of benzene rings is 2. The highest BCUT2D eigenvalue weighted by atomic mass is 16.3. The molecule has 0 aliphatic heterocycles. The Morgan fingerprint density at radius 2 is 1.74 bits per heavy atom. The van der Waals surface area contributed by atoms with Crippen LogP contribution in [-0.4, -0.2) is 11.2 Å². The number of fused-ring (bicyclic) bond motifs is 1. The summed E-state index contributed by atoms with van der Waals surface area (Å²) in [5.74, 6) is -0.413. The predicted molar refractivity (Wildman–Crippen MR) is 73.7 cm³/mol. The summed E-state index contributed by atoms with van der Waals surface area (Å²) in [4.78, 5) is 0. The monoisotopic (exact) mass is 249 g/mol. The molecule has 2 aromatic carbocycles. The molecule has 2 aromatic rings. The molecular formula is C17H15NO. The first-order valence-electron chi connectivity index (χ1n) is 6.51. The fourth-order valence-electron chi connectivity index (χ4n) is 3.03. The average Bonchev–Trinajstić information content (AvgIpc) is 2.78. The van der Waals surface area contributed by atoms with Crippen molar-refractivity contribution in [2.75, 3.05) is 0 Å². The summed E-state index contributed by atoms with van der Waals surface area (Å²) in [6, 6.07) is 20.1. The zero-order valence-electron chi connectivity index (χ0n) is 10.5. The number of rotatable bonds is 2. The van der Waals surface area contributed by atoms with Crippen LogP contribution in [0.15, 0.2) is 54.6 Å². The first-order chi connectivity index (χ1) is 9.31. The summed E-state index contributed by atoms with van der Waals surface area (Å²) in [7, 11) is 0. The van der Waals surface area contributed by atoms with E-state index in [-0.39, 0.29) is 11.8 Å². The summed E-state index contributed by atoms with van der Waals surface area (Å²) in [6.07, 6.45) is 0.175. The Bertz CT molecular complexity index is 615. The maximum Gasteiger partial charge on any atom is 0.0806 e. The Labute approximate surface area is 112 Å². The van der Waals surface area contributed by atoms with E-state index in [0.717, 1.165) is 16.7 Å². The minimum absolute atomic E-state index is 0.122. The van der Waals surface area contributed by atoms with Gasteiger partial charge in [0.25, 0.3) is 0 Å². The Morgan fingerprint density at radius 3 is 2.47 bits per heavy atom. The van der Waals surface area contributed by atoms with E-state index in [9.17, 15) is 10.4 Å². The van der Waals surface area contributed by atoms with Gasteiger partial charge in [-0.2, -0.15) is 5.26 Å². The van der Waals surface area contributed by atoms with Gasteiger partial charge in [0.2, 0.25) is 0 Å². The van der Waals surface area contributed by atoms with Crippen molar-refractivity contribution in [3.8, 4) is 6.07 Å². The summed E-state index contributed by atoms with van der Waals surface area (Å²) in [6.45, 7) is 0. The van der Waals surface area contributed by atoms with Gasteiger partial charge in [-0.3, -0.25) is 0 Å². The maximum absolute atomic E-state index is 10.3. The lowest BCUT2D eigenvalue weighted by Gasteiger charge is -2.21. The van der Waals surface area contributed by atoms with Gasteiger partial charge in [0.05, 0.1) is 18.1 Å². The van der Waals surface area contributed by atoms with Crippen molar-refractivity contribution in [1.29, 1.82) is 5.26 Å². The second-order valence-electron chi connectivity index (χ2n) is 5.01. The van der Waals surface area contributed by atoms with Crippen molar-refractivity contribution < 1.29 is 5.11 Å². The topological polar surface area (TPSA) is 44.0 Å². The largest absolute Gasteiger partial charge is 0.392 e. The highest BCUT2D eigenvalue weighted by Crippen LogP contribution is 2.42. The minimum atomic E-state index is -0.470. The smallest absolute Gasteiger partial charge is 0.0806 e. The summed E-state index contributed by atoms with van der Waals surface area (Å²) in [5.41, 5.74) is 3.26. The molecule has 19 heavy (non-hydrogen) atoms. The van der Waals surface area contributed by atoms with E-state index in [0.29, 0.717) is 6.42 Å². The molecule has 0 fully saturated rings. The molecular weight excluding hydrogens is 234 g/mol. The lowest BCUT2D eigenvalue weighted by atomic mass is 9.82. The number of nitrogens with zero attached hydrogens (tertiary/aromatic N) is 1. The van der Waals surface area contributed by atoms with Crippen LogP contribution in [0.3, 0.4) is 0 Å². The van der Waals surface area contributed by atoms with E-state index in [1.54, 1.807) is 0 Å². The van der Waals surface area contributed by atoms with Gasteiger partial charge in [-0.15, -0.1) is 0 Å². The molecule has 1 aliphatic rings. The standard InChI is InChI=1S/C17H15NO/c18-11-15(12-6-2-1-3-7-12)17-14-9-5-4-8-13(14)10-16(17)19/h1-9,15-17,19H,10H2/t15-,16-,17-/m1/s1. The predicted octanol–water partition coefficient (Wildman–Crippen LogP) is 2.99. The van der Waals surface area contributed by atoms with Crippen LogP contribution in [0.25, 0.3) is 0 Å². The summed E-state index contributed by atoms with van der Waals surface area (Å²) in [5, 5.41) is 19.8. The molecule has 0 saturated carbocycles. The van der Waals surface area contributed by atoms with Crippen molar-refractivity contribution in [2.45, 2.75) is 24.4 Å². The number of aliphatic hydroxyl groups excluding tert-OH is 1. The quantitative estimate of drug-likeness (QED) is 0.889. The summed E-state index contributed by atoms with van der Waals surface area (Å²) >= 11 is 0. The van der Waals surface area contributed by atoms with Crippen LogP contribution >= 0.6 is 0 Å². The second-order valence-corrected chi connectivity index (χ2v) is 5.01. The van der Waals surface area contributed by atoms with Crippen molar-refractivity contribution in [1.82, 2.24) is 0 Å².